The van der Waals surface area contributed by atoms with Crippen molar-refractivity contribution in [1.82, 2.24) is 0 Å². The van der Waals surface area contributed by atoms with Crippen molar-refractivity contribution in [3.63, 3.8) is 0 Å². The van der Waals surface area contributed by atoms with Crippen LogP contribution in [0.2, 0.25) is 0 Å². The Hall–Kier alpha value is -3.27. The molecule has 0 bridgehead atoms. The Bertz CT molecular complexity index is 941. The van der Waals surface area contributed by atoms with E-state index in [1.807, 2.05) is 78.9 Å². The third-order valence-electron chi connectivity index (χ3n) is 4.56. The smallest absolute Gasteiger partial charge is 0.345 e. The Kier molecular flexibility index (Phi) is 6.23. The van der Waals surface area contributed by atoms with Crippen LogP contribution in [0.5, 0.6) is 17.2 Å². The monoisotopic (exact) mass is 390 g/mol. The lowest BCUT2D eigenvalue weighted by Gasteiger charge is -2.24. The van der Waals surface area contributed by atoms with Crippen molar-refractivity contribution >= 4 is 5.97 Å². The van der Waals surface area contributed by atoms with Gasteiger partial charge in [-0.05, 0) is 46.9 Å². The Morgan fingerprint density at radius 3 is 2.07 bits per heavy atom. The topological polar surface area (TPSA) is 55.8 Å². The molecule has 4 heteroatoms. The number of rotatable bonds is 7. The summed E-state index contributed by atoms with van der Waals surface area (Å²) < 4.78 is 11.7. The highest BCUT2D eigenvalue weighted by Gasteiger charge is 2.24. The van der Waals surface area contributed by atoms with E-state index in [1.165, 1.54) is 0 Å². The zero-order valence-electron chi connectivity index (χ0n) is 17.0. The first kappa shape index (κ1) is 20.5. The van der Waals surface area contributed by atoms with Crippen LogP contribution >= 0.6 is 0 Å². The van der Waals surface area contributed by atoms with Crippen molar-refractivity contribution in [3.05, 3.63) is 90.0 Å². The average molecular weight is 390 g/mol. The van der Waals surface area contributed by atoms with Crippen LogP contribution in [0, 0.1) is 0 Å². The zero-order valence-corrected chi connectivity index (χ0v) is 17.0. The van der Waals surface area contributed by atoms with Gasteiger partial charge in [-0.1, -0.05) is 69.3 Å². The lowest BCUT2D eigenvalue weighted by Crippen LogP contribution is -2.30. The van der Waals surface area contributed by atoms with E-state index in [1.54, 1.807) is 0 Å². The predicted octanol–water partition coefficient (Wildman–Crippen LogP) is 5.85. The number of para-hydroxylation sites is 2. The van der Waals surface area contributed by atoms with Crippen LogP contribution in [0.25, 0.3) is 0 Å². The first-order valence-corrected chi connectivity index (χ1v) is 9.64. The summed E-state index contributed by atoms with van der Waals surface area (Å²) in [5, 5.41) is 9.69. The van der Waals surface area contributed by atoms with Crippen molar-refractivity contribution in [2.24, 2.45) is 0 Å². The predicted molar refractivity (Wildman–Crippen MR) is 114 cm³/mol. The van der Waals surface area contributed by atoms with Crippen LogP contribution < -0.4 is 9.47 Å². The number of carboxylic acid groups (broad SMARTS) is 1. The summed E-state index contributed by atoms with van der Waals surface area (Å²) in [4.78, 5) is 11.8. The Morgan fingerprint density at radius 2 is 1.45 bits per heavy atom. The fraction of sp³-hybridized carbons (Fsp3) is 0.240. The first-order valence-electron chi connectivity index (χ1n) is 9.64. The Balaban J connectivity index is 1.72. The molecule has 3 aromatic rings. The van der Waals surface area contributed by atoms with Gasteiger partial charge in [-0.25, -0.2) is 4.79 Å². The molecule has 0 heterocycles. The minimum Gasteiger partial charge on any atom is -0.478 e. The number of benzene rings is 3. The van der Waals surface area contributed by atoms with Crippen molar-refractivity contribution < 1.29 is 19.4 Å². The van der Waals surface area contributed by atoms with E-state index < -0.39 is 12.1 Å². The molecule has 3 aromatic carbocycles. The van der Waals surface area contributed by atoms with E-state index in [2.05, 4.69) is 20.8 Å². The highest BCUT2D eigenvalue weighted by Crippen LogP contribution is 2.32. The summed E-state index contributed by atoms with van der Waals surface area (Å²) in [6, 6.07) is 24.5. The molecule has 0 aliphatic carbocycles. The summed E-state index contributed by atoms with van der Waals surface area (Å²) in [7, 11) is 0. The molecule has 29 heavy (non-hydrogen) atoms. The molecule has 0 fully saturated rings. The maximum absolute atomic E-state index is 11.8. The number of ether oxygens (including phenoxy) is 2. The third-order valence-corrected chi connectivity index (χ3v) is 4.56. The van der Waals surface area contributed by atoms with Crippen molar-refractivity contribution in [2.45, 2.75) is 38.7 Å². The minimum absolute atomic E-state index is 0.143. The molecule has 150 valence electrons. The Labute approximate surface area is 171 Å². The minimum atomic E-state index is -0.988. The second-order valence-electron chi connectivity index (χ2n) is 7.95. The van der Waals surface area contributed by atoms with Gasteiger partial charge in [0.05, 0.1) is 0 Å². The van der Waals surface area contributed by atoms with Crippen molar-refractivity contribution in [2.75, 3.05) is 0 Å². The molecule has 0 aromatic heterocycles. The second-order valence-corrected chi connectivity index (χ2v) is 7.95. The van der Waals surface area contributed by atoms with Crippen molar-refractivity contribution in [3.8, 4) is 17.2 Å². The molecule has 4 nitrogen and oxygen atoms in total. The lowest BCUT2D eigenvalue weighted by molar-refractivity contribution is -0.145. The van der Waals surface area contributed by atoms with Crippen LogP contribution in [0.3, 0.4) is 0 Å². The van der Waals surface area contributed by atoms with E-state index >= 15 is 0 Å². The maximum atomic E-state index is 11.8. The molecule has 0 spiro atoms. The number of hydrogen-bond donors (Lipinski definition) is 1. The van der Waals surface area contributed by atoms with Crippen LogP contribution in [0.4, 0.5) is 0 Å². The number of hydrogen-bond acceptors (Lipinski definition) is 3. The van der Waals surface area contributed by atoms with E-state index in [-0.39, 0.29) is 11.8 Å². The van der Waals surface area contributed by atoms with Gasteiger partial charge in [0.1, 0.15) is 17.2 Å². The summed E-state index contributed by atoms with van der Waals surface area (Å²) in [6.07, 6.45) is -0.709. The number of carboxylic acids is 1. The first-order chi connectivity index (χ1) is 13.8. The molecule has 1 N–H and O–H groups in total. The third kappa shape index (κ3) is 5.61. The summed E-state index contributed by atoms with van der Waals surface area (Å²) in [5.41, 5.74) is 1.71. The molecule has 0 unspecified atom stereocenters. The normalized spacial score (nSPS) is 12.2. The van der Waals surface area contributed by atoms with E-state index in [0.717, 1.165) is 16.9 Å². The van der Waals surface area contributed by atoms with Gasteiger partial charge in [-0.2, -0.15) is 0 Å². The molecular formula is C25H26O4. The van der Waals surface area contributed by atoms with Crippen molar-refractivity contribution in [1.29, 1.82) is 0 Å². The number of aliphatic carboxylic acids is 1. The van der Waals surface area contributed by atoms with Crippen LogP contribution in [0.15, 0.2) is 78.9 Å². The summed E-state index contributed by atoms with van der Waals surface area (Å²) in [6.45, 7) is 6.24. The molecule has 0 saturated heterocycles. The highest BCUT2D eigenvalue weighted by atomic mass is 16.5. The van der Waals surface area contributed by atoms with E-state index in [9.17, 15) is 9.90 Å². The van der Waals surface area contributed by atoms with Crippen LogP contribution in [-0.4, -0.2) is 17.2 Å². The molecule has 0 saturated carbocycles. The van der Waals surface area contributed by atoms with Gasteiger partial charge < -0.3 is 14.6 Å². The summed E-state index contributed by atoms with van der Waals surface area (Å²) in [5.74, 6) is 1.08. The zero-order chi connectivity index (χ0) is 20.9. The quantitative estimate of drug-likeness (QED) is 0.550. The average Bonchev–Trinajstić information content (AvgIpc) is 2.69. The van der Waals surface area contributed by atoms with Crippen LogP contribution in [0.1, 0.15) is 31.9 Å². The Morgan fingerprint density at radius 1 is 0.862 bits per heavy atom. The summed E-state index contributed by atoms with van der Waals surface area (Å²) >= 11 is 0. The molecule has 0 amide bonds. The highest BCUT2D eigenvalue weighted by molar-refractivity contribution is 5.73. The van der Waals surface area contributed by atoms with E-state index in [4.69, 9.17) is 9.47 Å². The molecule has 3 rings (SSSR count). The largest absolute Gasteiger partial charge is 0.478 e. The molecule has 1 atom stereocenters. The van der Waals surface area contributed by atoms with Crippen LogP contribution in [-0.2, 0) is 16.6 Å². The SMILES string of the molecule is CC(C)(C)c1ccccc1O[C@H](Cc1ccc(Oc2ccccc2)cc1)C(=O)O. The fourth-order valence-corrected chi connectivity index (χ4v) is 3.05. The van der Waals surface area contributed by atoms with Gasteiger partial charge in [0, 0.05) is 6.42 Å². The van der Waals surface area contributed by atoms with Gasteiger partial charge in [0.2, 0.25) is 0 Å². The maximum Gasteiger partial charge on any atom is 0.345 e. The molecule has 0 aliphatic heterocycles. The molecular weight excluding hydrogens is 364 g/mol. The van der Waals surface area contributed by atoms with E-state index in [0.29, 0.717) is 11.5 Å². The van der Waals surface area contributed by atoms with Gasteiger partial charge >= 0.3 is 5.97 Å². The van der Waals surface area contributed by atoms with Gasteiger partial charge in [-0.3, -0.25) is 0 Å². The lowest BCUT2D eigenvalue weighted by atomic mass is 9.86. The second kappa shape index (κ2) is 8.82. The number of carbonyl (C=O) groups is 1. The molecule has 0 aliphatic rings. The van der Waals surface area contributed by atoms with Gasteiger partial charge in [0.25, 0.3) is 0 Å². The molecule has 0 radical (unpaired) electrons. The van der Waals surface area contributed by atoms with Gasteiger partial charge in [0.15, 0.2) is 6.10 Å². The van der Waals surface area contributed by atoms with Gasteiger partial charge in [-0.15, -0.1) is 0 Å². The fourth-order valence-electron chi connectivity index (χ4n) is 3.05. The standard InChI is InChI=1S/C25H26O4/c1-25(2,3)21-11-7-8-12-22(21)29-23(24(26)27)17-18-13-15-20(16-14-18)28-19-9-5-4-6-10-19/h4-16,23H,17H2,1-3H3,(H,26,27)/t23-/m1/s1.